The molecule has 28 heavy (non-hydrogen) atoms. The first-order valence-corrected chi connectivity index (χ1v) is 9.15. The van der Waals surface area contributed by atoms with Gasteiger partial charge in [0.15, 0.2) is 11.6 Å². The third kappa shape index (κ3) is 4.49. The van der Waals surface area contributed by atoms with Crippen molar-refractivity contribution in [2.24, 2.45) is 5.92 Å². The highest BCUT2D eigenvalue weighted by Gasteiger charge is 2.41. The Hall–Kier alpha value is -2.50. The van der Waals surface area contributed by atoms with Gasteiger partial charge in [-0.3, -0.25) is 4.79 Å². The molecule has 3 heterocycles. The molecule has 0 saturated carbocycles. The topological polar surface area (TPSA) is 118 Å². The highest BCUT2D eigenvalue weighted by atomic mass is 79.9. The normalized spacial score (nSPS) is 15.6. The fourth-order valence-corrected chi connectivity index (χ4v) is 3.38. The zero-order valence-corrected chi connectivity index (χ0v) is 16.0. The predicted octanol–water partition coefficient (Wildman–Crippen LogP) is 2.11. The molecule has 1 aliphatic heterocycles. The number of carbonyl (C=O) groups excluding carboxylic acids is 1. The average molecular weight is 461 g/mol. The zero-order valence-electron chi connectivity index (χ0n) is 14.5. The Balaban J connectivity index is 1.83. The summed E-state index contributed by atoms with van der Waals surface area (Å²) in [6.45, 7) is 0.274. The van der Waals surface area contributed by atoms with E-state index in [4.69, 9.17) is 5.73 Å². The summed E-state index contributed by atoms with van der Waals surface area (Å²) in [4.78, 5) is 39.9. The molecule has 2 aromatic rings. The second kappa shape index (κ2) is 7.86. The molecule has 8 nitrogen and oxygen atoms in total. The molecule has 1 fully saturated rings. The van der Waals surface area contributed by atoms with Crippen molar-refractivity contribution in [2.45, 2.75) is 25.4 Å². The van der Waals surface area contributed by atoms with Crippen LogP contribution in [0.25, 0.3) is 0 Å². The Morgan fingerprint density at radius 2 is 1.96 bits per heavy atom. The maximum Gasteiger partial charge on any atom is 0.391 e. The smallest absolute Gasteiger partial charge is 0.382 e. The summed E-state index contributed by atoms with van der Waals surface area (Å²) in [6.07, 6.45) is -2.01. The third-order valence-corrected chi connectivity index (χ3v) is 4.92. The van der Waals surface area contributed by atoms with Crippen LogP contribution in [-0.2, 0) is 6.42 Å². The summed E-state index contributed by atoms with van der Waals surface area (Å²) >= 11 is 3.11. The number of aromatic nitrogens is 4. The first kappa shape index (κ1) is 20.2. The molecule has 0 unspecified atom stereocenters. The first-order valence-electron chi connectivity index (χ1n) is 8.36. The van der Waals surface area contributed by atoms with Gasteiger partial charge in [0.1, 0.15) is 10.3 Å². The molecule has 0 aliphatic carbocycles. The Morgan fingerprint density at radius 1 is 1.29 bits per heavy atom. The van der Waals surface area contributed by atoms with E-state index in [9.17, 15) is 22.8 Å². The van der Waals surface area contributed by atoms with Gasteiger partial charge in [-0.05, 0) is 28.8 Å². The van der Waals surface area contributed by atoms with Crippen molar-refractivity contribution in [3.05, 3.63) is 38.9 Å². The number of nitrogens with zero attached hydrogens (tertiary/aromatic N) is 4. The molecule has 3 rings (SSSR count). The summed E-state index contributed by atoms with van der Waals surface area (Å²) in [5, 5.41) is 0. The van der Waals surface area contributed by atoms with Gasteiger partial charge in [0.25, 0.3) is 0 Å². The molecule has 12 heteroatoms. The number of alkyl halides is 3. The number of hydrogen-bond donors (Lipinski definition) is 2. The van der Waals surface area contributed by atoms with Crippen LogP contribution < -0.4 is 16.3 Å². The number of carbonyl (C=O) groups is 1. The van der Waals surface area contributed by atoms with Gasteiger partial charge in [-0.2, -0.15) is 18.2 Å². The fraction of sp³-hybridized carbons (Fsp3) is 0.438. The molecule has 0 amide bonds. The van der Waals surface area contributed by atoms with Crippen LogP contribution in [0.5, 0.6) is 0 Å². The number of anilines is 2. The van der Waals surface area contributed by atoms with Gasteiger partial charge in [-0.15, -0.1) is 0 Å². The number of H-pyrrole nitrogens is 1. The number of piperidine rings is 1. The highest BCUT2D eigenvalue weighted by Crippen LogP contribution is 2.35. The summed E-state index contributed by atoms with van der Waals surface area (Å²) in [6, 6.07) is 0. The van der Waals surface area contributed by atoms with E-state index in [1.165, 1.54) is 12.4 Å². The van der Waals surface area contributed by atoms with Crippen molar-refractivity contribution in [3.63, 3.8) is 0 Å². The number of ketones is 1. The first-order chi connectivity index (χ1) is 13.1. The van der Waals surface area contributed by atoms with Gasteiger partial charge in [0.05, 0.1) is 36.1 Å². The van der Waals surface area contributed by atoms with Gasteiger partial charge in [-0.25, -0.2) is 14.8 Å². The number of nitrogen functional groups attached to an aromatic ring is 1. The van der Waals surface area contributed by atoms with Crippen molar-refractivity contribution >= 4 is 33.2 Å². The maximum absolute atomic E-state index is 12.9. The molecule has 0 bridgehead atoms. The molecule has 150 valence electrons. The van der Waals surface area contributed by atoms with Crippen LogP contribution in [0.4, 0.5) is 24.7 Å². The van der Waals surface area contributed by atoms with E-state index < -0.39 is 23.6 Å². The third-order valence-electron chi connectivity index (χ3n) is 4.54. The van der Waals surface area contributed by atoms with Crippen molar-refractivity contribution in [1.29, 1.82) is 0 Å². The van der Waals surface area contributed by atoms with E-state index in [1.54, 1.807) is 4.90 Å². The lowest BCUT2D eigenvalue weighted by Crippen LogP contribution is -2.40. The highest BCUT2D eigenvalue weighted by molar-refractivity contribution is 9.10. The molecular weight excluding hydrogens is 445 g/mol. The molecular formula is C16H16BrF3N6O2. The second-order valence-electron chi connectivity index (χ2n) is 6.38. The number of hydrogen-bond acceptors (Lipinski definition) is 7. The van der Waals surface area contributed by atoms with E-state index in [2.05, 4.69) is 35.9 Å². The van der Waals surface area contributed by atoms with Crippen LogP contribution >= 0.6 is 15.9 Å². The molecule has 3 N–H and O–H groups in total. The van der Waals surface area contributed by atoms with E-state index in [1.807, 2.05) is 0 Å². The summed E-state index contributed by atoms with van der Waals surface area (Å²) in [5.41, 5.74) is 5.63. The Morgan fingerprint density at radius 3 is 2.61 bits per heavy atom. The van der Waals surface area contributed by atoms with E-state index in [0.29, 0.717) is 10.3 Å². The maximum atomic E-state index is 12.9. The molecule has 0 aromatic carbocycles. The summed E-state index contributed by atoms with van der Waals surface area (Å²) < 4.78 is 39.0. The van der Waals surface area contributed by atoms with E-state index in [0.717, 1.165) is 0 Å². The minimum Gasteiger partial charge on any atom is -0.382 e. The van der Waals surface area contributed by atoms with Crippen molar-refractivity contribution in [3.8, 4) is 0 Å². The fourth-order valence-electron chi connectivity index (χ4n) is 3.10. The Labute approximate surface area is 165 Å². The molecule has 0 spiro atoms. The van der Waals surface area contributed by atoms with Crippen molar-refractivity contribution in [1.82, 2.24) is 19.9 Å². The van der Waals surface area contributed by atoms with Gasteiger partial charge in [0.2, 0.25) is 0 Å². The van der Waals surface area contributed by atoms with E-state index >= 15 is 0 Å². The van der Waals surface area contributed by atoms with Gasteiger partial charge in [-0.1, -0.05) is 0 Å². The lowest BCUT2D eigenvalue weighted by molar-refractivity contribution is -0.179. The SMILES string of the molecule is Nc1ncc(Br)nc1C(=O)Cc1[nH]c(=O)ncc1N1CCC(C(F)(F)F)CC1. The molecule has 0 atom stereocenters. The quantitative estimate of drug-likeness (QED) is 0.670. The largest absolute Gasteiger partial charge is 0.391 e. The van der Waals surface area contributed by atoms with Gasteiger partial charge in [0, 0.05) is 13.1 Å². The lowest BCUT2D eigenvalue weighted by Gasteiger charge is -2.34. The number of aromatic amines is 1. The van der Waals surface area contributed by atoms with Crippen LogP contribution in [0.3, 0.4) is 0 Å². The molecule has 2 aromatic heterocycles. The second-order valence-corrected chi connectivity index (χ2v) is 7.19. The Bertz CT molecular complexity index is 941. The molecule has 0 radical (unpaired) electrons. The number of Topliss-reactive ketones (excluding diaryl/α,β-unsaturated/α-hetero) is 1. The van der Waals surface area contributed by atoms with Crippen LogP contribution in [0, 0.1) is 5.92 Å². The zero-order chi connectivity index (χ0) is 20.5. The van der Waals surface area contributed by atoms with Gasteiger partial charge >= 0.3 is 11.9 Å². The van der Waals surface area contributed by atoms with Crippen LogP contribution in [0.15, 0.2) is 21.8 Å². The number of nitrogens with one attached hydrogen (secondary N) is 1. The monoisotopic (exact) mass is 460 g/mol. The van der Waals surface area contributed by atoms with Crippen LogP contribution in [-0.4, -0.2) is 45.0 Å². The molecule has 1 aliphatic rings. The van der Waals surface area contributed by atoms with Gasteiger partial charge < -0.3 is 15.6 Å². The van der Waals surface area contributed by atoms with Crippen LogP contribution in [0.2, 0.25) is 0 Å². The van der Waals surface area contributed by atoms with E-state index in [-0.39, 0.29) is 49.6 Å². The molecule has 1 saturated heterocycles. The minimum atomic E-state index is -4.23. The Kier molecular flexibility index (Phi) is 5.68. The summed E-state index contributed by atoms with van der Waals surface area (Å²) in [5.74, 6) is -1.90. The minimum absolute atomic E-state index is 0.0582. The lowest BCUT2D eigenvalue weighted by atomic mass is 9.95. The van der Waals surface area contributed by atoms with Crippen molar-refractivity contribution < 1.29 is 18.0 Å². The van der Waals surface area contributed by atoms with Crippen LogP contribution in [0.1, 0.15) is 29.0 Å². The average Bonchev–Trinajstić information content (AvgIpc) is 2.63. The number of nitrogens with two attached hydrogens (primary N) is 1. The predicted molar refractivity (Wildman–Crippen MR) is 98.0 cm³/mol. The summed E-state index contributed by atoms with van der Waals surface area (Å²) in [7, 11) is 0. The number of halogens is 4. The number of rotatable bonds is 4. The van der Waals surface area contributed by atoms with Crippen molar-refractivity contribution in [2.75, 3.05) is 23.7 Å². The standard InChI is InChI=1S/C16H16BrF3N6O2/c17-12-7-22-14(21)13(25-12)11(27)5-9-10(6-23-15(28)24-9)26-3-1-8(2-4-26)16(18,19)20/h6-8H,1-5H2,(H2,21,22)(H,23,24,28).